The monoisotopic (exact) mass is 518 g/mol. The van der Waals surface area contributed by atoms with Gasteiger partial charge in [0.05, 0.1) is 28.5 Å². The quantitative estimate of drug-likeness (QED) is 0.284. The van der Waals surface area contributed by atoms with Crippen molar-refractivity contribution in [3.8, 4) is 0 Å². The highest BCUT2D eigenvalue weighted by Gasteiger charge is 2.33. The molecule has 0 bridgehead atoms. The first kappa shape index (κ1) is 24.0. The Morgan fingerprint density at radius 3 is 2.75 bits per heavy atom. The van der Waals surface area contributed by atoms with Crippen LogP contribution in [0.1, 0.15) is 36.9 Å². The van der Waals surface area contributed by atoms with Gasteiger partial charge in [-0.1, -0.05) is 41.7 Å². The Labute approximate surface area is 214 Å². The molecule has 0 unspecified atom stereocenters. The molecular formula is C26H22N4O4S2. The number of ether oxygens (including phenoxy) is 1. The van der Waals surface area contributed by atoms with E-state index in [0.717, 1.165) is 11.3 Å². The summed E-state index contributed by atoms with van der Waals surface area (Å²) in [6.07, 6.45) is 3.39. The van der Waals surface area contributed by atoms with Crippen molar-refractivity contribution in [2.24, 2.45) is 4.99 Å². The molecule has 0 saturated carbocycles. The van der Waals surface area contributed by atoms with Crippen LogP contribution in [0.3, 0.4) is 0 Å². The van der Waals surface area contributed by atoms with Crippen molar-refractivity contribution in [2.75, 3.05) is 6.61 Å². The van der Waals surface area contributed by atoms with Crippen molar-refractivity contribution in [3.63, 3.8) is 0 Å². The lowest BCUT2D eigenvalue weighted by atomic mass is 9.96. The topological polar surface area (TPSA) is 99.6 Å². The van der Waals surface area contributed by atoms with Crippen LogP contribution in [0.5, 0.6) is 0 Å². The molecule has 0 saturated heterocycles. The molecule has 0 fully saturated rings. The molecule has 0 radical (unpaired) electrons. The van der Waals surface area contributed by atoms with Crippen molar-refractivity contribution in [1.82, 2.24) is 14.5 Å². The number of carbonyl (C=O) groups is 1. The molecule has 182 valence electrons. The third-order valence-corrected chi connectivity index (χ3v) is 7.26. The molecule has 5 rings (SSSR count). The molecule has 1 atom stereocenters. The molecule has 0 spiro atoms. The highest BCUT2D eigenvalue weighted by Crippen LogP contribution is 2.30. The molecule has 8 nitrogen and oxygen atoms in total. The second-order valence-corrected chi connectivity index (χ2v) is 9.93. The summed E-state index contributed by atoms with van der Waals surface area (Å²) in [4.78, 5) is 40.2. The fraction of sp³-hybridized carbons (Fsp3) is 0.192. The lowest BCUT2D eigenvalue weighted by Gasteiger charge is -2.24. The maximum absolute atomic E-state index is 13.6. The number of fused-ring (bicyclic) bond motifs is 1. The highest BCUT2D eigenvalue weighted by atomic mass is 32.2. The van der Waals surface area contributed by atoms with Crippen LogP contribution in [-0.2, 0) is 9.53 Å². The highest BCUT2D eigenvalue weighted by molar-refractivity contribution is 7.99. The zero-order valence-corrected chi connectivity index (χ0v) is 21.4. The van der Waals surface area contributed by atoms with Crippen LogP contribution < -0.4 is 14.9 Å². The van der Waals surface area contributed by atoms with Gasteiger partial charge in [-0.25, -0.2) is 19.8 Å². The van der Waals surface area contributed by atoms with Crippen molar-refractivity contribution >= 4 is 35.1 Å². The van der Waals surface area contributed by atoms with Gasteiger partial charge >= 0.3 is 5.97 Å². The third kappa shape index (κ3) is 4.69. The van der Waals surface area contributed by atoms with Gasteiger partial charge in [-0.3, -0.25) is 9.36 Å². The zero-order valence-electron chi connectivity index (χ0n) is 19.8. The fourth-order valence-corrected chi connectivity index (χ4v) is 5.69. The van der Waals surface area contributed by atoms with Crippen LogP contribution in [-0.4, -0.2) is 27.1 Å². The Morgan fingerprint density at radius 2 is 2.00 bits per heavy atom. The Bertz CT molecular complexity index is 1650. The van der Waals surface area contributed by atoms with Gasteiger partial charge in [-0.2, -0.15) is 0 Å². The molecule has 0 amide bonds. The maximum atomic E-state index is 13.6. The normalized spacial score (nSPS) is 15.5. The molecule has 10 heteroatoms. The van der Waals surface area contributed by atoms with Crippen molar-refractivity contribution in [2.45, 2.75) is 37.1 Å². The van der Waals surface area contributed by atoms with E-state index in [1.165, 1.54) is 23.1 Å². The first-order valence-corrected chi connectivity index (χ1v) is 12.9. The number of thiazole rings is 1. The van der Waals surface area contributed by atoms with Gasteiger partial charge in [0.25, 0.3) is 5.56 Å². The largest absolute Gasteiger partial charge is 0.463 e. The minimum absolute atomic E-state index is 0.230. The number of benzene rings is 1. The van der Waals surface area contributed by atoms with E-state index in [-0.39, 0.29) is 12.2 Å². The summed E-state index contributed by atoms with van der Waals surface area (Å²) >= 11 is 2.56. The average molecular weight is 519 g/mol. The van der Waals surface area contributed by atoms with Crippen LogP contribution in [0.2, 0.25) is 0 Å². The minimum Gasteiger partial charge on any atom is -0.463 e. The second kappa shape index (κ2) is 10.1. The number of aryl methyl sites for hydroxylation is 1. The van der Waals surface area contributed by atoms with Crippen molar-refractivity contribution in [1.29, 1.82) is 0 Å². The number of hydrogen-bond donors (Lipinski definition) is 0. The number of hydrogen-bond acceptors (Lipinski definition) is 9. The number of rotatable bonds is 6. The van der Waals surface area contributed by atoms with E-state index >= 15 is 0 Å². The van der Waals surface area contributed by atoms with E-state index < -0.39 is 12.0 Å². The maximum Gasteiger partial charge on any atom is 0.338 e. The summed E-state index contributed by atoms with van der Waals surface area (Å²) in [5.74, 6) is 0.0426. The van der Waals surface area contributed by atoms with Gasteiger partial charge in [0.1, 0.15) is 5.76 Å². The molecule has 4 heterocycles. The third-order valence-electron chi connectivity index (χ3n) is 5.47. The average Bonchev–Trinajstić information content (AvgIpc) is 3.42. The zero-order chi connectivity index (χ0) is 25.2. The van der Waals surface area contributed by atoms with E-state index in [1.807, 2.05) is 49.4 Å². The summed E-state index contributed by atoms with van der Waals surface area (Å²) in [5.41, 5.74) is 2.31. The van der Waals surface area contributed by atoms with Crippen LogP contribution in [0, 0.1) is 6.92 Å². The molecule has 1 aromatic carbocycles. The van der Waals surface area contributed by atoms with Crippen LogP contribution in [0.15, 0.2) is 90.5 Å². The summed E-state index contributed by atoms with van der Waals surface area (Å²) in [5, 5.41) is 1.20. The van der Waals surface area contributed by atoms with Gasteiger partial charge < -0.3 is 9.15 Å². The van der Waals surface area contributed by atoms with E-state index in [1.54, 1.807) is 36.8 Å². The minimum atomic E-state index is -0.634. The van der Waals surface area contributed by atoms with Gasteiger partial charge in [-0.15, -0.1) is 0 Å². The lowest BCUT2D eigenvalue weighted by Crippen LogP contribution is -2.39. The van der Waals surface area contributed by atoms with Crippen LogP contribution in [0.4, 0.5) is 0 Å². The molecule has 3 aromatic heterocycles. The van der Waals surface area contributed by atoms with Crippen molar-refractivity contribution < 1.29 is 13.9 Å². The van der Waals surface area contributed by atoms with Gasteiger partial charge in [-0.05, 0) is 56.3 Å². The SMILES string of the molecule is CCOC(=O)C1=C(C)N=c2s/c(=C/c3ccc(Sc4nccc(C)n4)o3)c(=O)n2[C@H]1c1ccccc1. The summed E-state index contributed by atoms with van der Waals surface area (Å²) < 4.78 is 13.2. The predicted octanol–water partition coefficient (Wildman–Crippen LogP) is 3.64. The Hall–Kier alpha value is -3.76. The lowest BCUT2D eigenvalue weighted by molar-refractivity contribution is -0.139. The van der Waals surface area contributed by atoms with Crippen LogP contribution in [0.25, 0.3) is 6.08 Å². The number of nitrogens with zero attached hydrogens (tertiary/aromatic N) is 4. The van der Waals surface area contributed by atoms with Gasteiger partial charge in [0, 0.05) is 18.0 Å². The van der Waals surface area contributed by atoms with Gasteiger partial charge in [0.15, 0.2) is 15.1 Å². The standard InChI is InChI=1S/C26H22N4O4S2/c1-4-33-24(32)21-16(3)29-26-30(22(21)17-8-6-5-7-9-17)23(31)19(35-26)14-18-10-11-20(34-18)36-25-27-13-12-15(2)28-25/h5-14,22H,4H2,1-3H3/b19-14+/t22-/m0/s1. The number of furan rings is 1. The summed E-state index contributed by atoms with van der Waals surface area (Å²) in [6.45, 7) is 5.65. The number of allylic oxidation sites excluding steroid dienone is 1. The van der Waals surface area contributed by atoms with Gasteiger partial charge in [0.2, 0.25) is 0 Å². The number of esters is 1. The number of aromatic nitrogens is 3. The molecule has 4 aromatic rings. The smallest absolute Gasteiger partial charge is 0.338 e. The molecule has 0 N–H and O–H groups in total. The Balaban J connectivity index is 1.57. The first-order chi connectivity index (χ1) is 17.4. The Kier molecular flexibility index (Phi) is 6.71. The summed E-state index contributed by atoms with van der Waals surface area (Å²) in [7, 11) is 0. The second-order valence-electron chi connectivity index (χ2n) is 7.95. The fourth-order valence-electron chi connectivity index (χ4n) is 3.90. The summed E-state index contributed by atoms with van der Waals surface area (Å²) in [6, 6.07) is 14.2. The Morgan fingerprint density at radius 1 is 1.19 bits per heavy atom. The van der Waals surface area contributed by atoms with E-state index in [2.05, 4.69) is 15.0 Å². The molecule has 36 heavy (non-hydrogen) atoms. The van der Waals surface area contributed by atoms with Crippen molar-refractivity contribution in [3.05, 3.63) is 103 Å². The van der Waals surface area contributed by atoms with E-state index in [0.29, 0.717) is 36.6 Å². The first-order valence-electron chi connectivity index (χ1n) is 11.3. The van der Waals surface area contributed by atoms with E-state index in [4.69, 9.17) is 9.15 Å². The van der Waals surface area contributed by atoms with E-state index in [9.17, 15) is 9.59 Å². The number of carbonyl (C=O) groups excluding carboxylic acids is 1. The predicted molar refractivity (Wildman–Crippen MR) is 136 cm³/mol. The molecule has 0 aliphatic carbocycles. The molecule has 1 aliphatic rings. The molecular weight excluding hydrogens is 496 g/mol. The molecule has 1 aliphatic heterocycles. The van der Waals surface area contributed by atoms with Crippen LogP contribution >= 0.6 is 23.1 Å².